The Labute approximate surface area is 154 Å². The van der Waals surface area contributed by atoms with Crippen LogP contribution in [0.3, 0.4) is 0 Å². The average Bonchev–Trinajstić information content (AvgIpc) is 3.10. The largest absolute Gasteiger partial charge is 0.497 e. The maximum atomic E-state index is 12.4. The van der Waals surface area contributed by atoms with Gasteiger partial charge < -0.3 is 14.2 Å². The van der Waals surface area contributed by atoms with Gasteiger partial charge in [-0.25, -0.2) is 0 Å². The molecule has 1 aliphatic heterocycles. The Bertz CT molecular complexity index is 738. The number of hydrogen-bond donors (Lipinski definition) is 0. The van der Waals surface area contributed by atoms with Crippen molar-refractivity contribution < 1.29 is 14.1 Å². The van der Waals surface area contributed by atoms with Crippen LogP contribution in [0.1, 0.15) is 51.8 Å². The summed E-state index contributed by atoms with van der Waals surface area (Å²) in [6.45, 7) is 7.78. The minimum atomic E-state index is 0.0215. The molecule has 0 saturated carbocycles. The standard InChI is InChI=1S/C20H27N3O3/c1-20(2,3)13-17(24)23-11-9-15(10-12-23)19-21-18(22-26-19)14-5-7-16(25-4)8-6-14/h5-8,15H,9-13H2,1-4H3. The van der Waals surface area contributed by atoms with E-state index in [-0.39, 0.29) is 17.2 Å². The predicted molar refractivity (Wildman–Crippen MR) is 98.9 cm³/mol. The van der Waals surface area contributed by atoms with E-state index >= 15 is 0 Å². The molecule has 1 fully saturated rings. The molecule has 1 aromatic carbocycles. The van der Waals surface area contributed by atoms with Gasteiger partial charge in [-0.2, -0.15) is 4.98 Å². The molecular weight excluding hydrogens is 330 g/mol. The minimum Gasteiger partial charge on any atom is -0.497 e. The molecule has 2 aromatic rings. The zero-order valence-electron chi connectivity index (χ0n) is 16.0. The minimum absolute atomic E-state index is 0.0215. The molecule has 26 heavy (non-hydrogen) atoms. The molecule has 0 bridgehead atoms. The highest BCUT2D eigenvalue weighted by molar-refractivity contribution is 5.76. The van der Waals surface area contributed by atoms with Gasteiger partial charge in [-0.05, 0) is 42.5 Å². The second kappa shape index (κ2) is 7.48. The van der Waals surface area contributed by atoms with E-state index in [1.54, 1.807) is 7.11 Å². The van der Waals surface area contributed by atoms with Crippen LogP contribution in [0.15, 0.2) is 28.8 Å². The van der Waals surface area contributed by atoms with Crippen molar-refractivity contribution in [3.63, 3.8) is 0 Å². The Morgan fingerprint density at radius 3 is 2.46 bits per heavy atom. The normalized spacial score (nSPS) is 15.9. The molecular formula is C20H27N3O3. The third-order valence-electron chi connectivity index (χ3n) is 4.67. The lowest BCUT2D eigenvalue weighted by molar-refractivity contribution is -0.134. The lowest BCUT2D eigenvalue weighted by Crippen LogP contribution is -2.39. The summed E-state index contributed by atoms with van der Waals surface area (Å²) in [7, 11) is 1.64. The SMILES string of the molecule is COc1ccc(-c2noc(C3CCN(C(=O)CC(C)(C)C)CC3)n2)cc1. The summed E-state index contributed by atoms with van der Waals surface area (Å²) in [5.74, 6) is 2.51. The van der Waals surface area contributed by atoms with Crippen molar-refractivity contribution in [2.45, 2.75) is 46.0 Å². The summed E-state index contributed by atoms with van der Waals surface area (Å²) in [6.07, 6.45) is 2.31. The molecule has 1 aromatic heterocycles. The molecule has 0 aliphatic carbocycles. The van der Waals surface area contributed by atoms with E-state index in [2.05, 4.69) is 30.9 Å². The van der Waals surface area contributed by atoms with Crippen LogP contribution < -0.4 is 4.74 Å². The zero-order chi connectivity index (χ0) is 18.7. The Hall–Kier alpha value is -2.37. The molecule has 0 spiro atoms. The van der Waals surface area contributed by atoms with Crippen molar-refractivity contribution in [1.29, 1.82) is 0 Å². The average molecular weight is 357 g/mol. The first-order valence-corrected chi connectivity index (χ1v) is 9.11. The first-order chi connectivity index (χ1) is 12.4. The third-order valence-corrected chi connectivity index (χ3v) is 4.67. The van der Waals surface area contributed by atoms with E-state index in [9.17, 15) is 4.79 Å². The fourth-order valence-electron chi connectivity index (χ4n) is 3.20. The number of aromatic nitrogens is 2. The number of rotatable bonds is 4. The van der Waals surface area contributed by atoms with Gasteiger partial charge in [0.25, 0.3) is 0 Å². The number of carbonyl (C=O) groups excluding carboxylic acids is 1. The second-order valence-corrected chi connectivity index (χ2v) is 8.08. The van der Waals surface area contributed by atoms with Crippen LogP contribution in [0.2, 0.25) is 0 Å². The molecule has 6 nitrogen and oxygen atoms in total. The summed E-state index contributed by atoms with van der Waals surface area (Å²) < 4.78 is 10.7. The molecule has 6 heteroatoms. The molecule has 140 valence electrons. The van der Waals surface area contributed by atoms with Crippen LogP contribution in [0.4, 0.5) is 0 Å². The molecule has 0 N–H and O–H groups in total. The number of carbonyl (C=O) groups is 1. The highest BCUT2D eigenvalue weighted by Gasteiger charge is 2.29. The smallest absolute Gasteiger partial charge is 0.230 e. The van der Waals surface area contributed by atoms with Gasteiger partial charge in [0.2, 0.25) is 17.6 Å². The molecule has 0 unspecified atom stereocenters. The fourth-order valence-corrected chi connectivity index (χ4v) is 3.20. The van der Waals surface area contributed by atoms with Gasteiger partial charge in [0.05, 0.1) is 7.11 Å². The Balaban J connectivity index is 1.60. The Morgan fingerprint density at radius 2 is 1.88 bits per heavy atom. The third kappa shape index (κ3) is 4.42. The second-order valence-electron chi connectivity index (χ2n) is 8.08. The van der Waals surface area contributed by atoms with E-state index in [4.69, 9.17) is 9.26 Å². The van der Waals surface area contributed by atoms with Crippen LogP contribution in [-0.4, -0.2) is 41.1 Å². The van der Waals surface area contributed by atoms with Crippen molar-refractivity contribution in [2.24, 2.45) is 5.41 Å². The Kier molecular flexibility index (Phi) is 5.30. The number of methoxy groups -OCH3 is 1. The van der Waals surface area contributed by atoms with Crippen LogP contribution in [0.5, 0.6) is 5.75 Å². The van der Waals surface area contributed by atoms with Crippen molar-refractivity contribution in [1.82, 2.24) is 15.0 Å². The van der Waals surface area contributed by atoms with Crippen LogP contribution in [0, 0.1) is 5.41 Å². The maximum absolute atomic E-state index is 12.4. The number of amides is 1. The number of ether oxygens (including phenoxy) is 1. The quantitative estimate of drug-likeness (QED) is 0.830. The van der Waals surface area contributed by atoms with E-state index in [1.807, 2.05) is 29.2 Å². The molecule has 0 atom stereocenters. The number of piperidine rings is 1. The highest BCUT2D eigenvalue weighted by atomic mass is 16.5. The summed E-state index contributed by atoms with van der Waals surface area (Å²) in [6, 6.07) is 7.60. The van der Waals surface area contributed by atoms with E-state index in [0.717, 1.165) is 37.2 Å². The predicted octanol–water partition coefficient (Wildman–Crippen LogP) is 3.89. The van der Waals surface area contributed by atoms with E-state index in [1.165, 1.54) is 0 Å². The number of nitrogens with zero attached hydrogens (tertiary/aromatic N) is 3. The van der Waals surface area contributed by atoms with Crippen LogP contribution >= 0.6 is 0 Å². The topological polar surface area (TPSA) is 68.5 Å². The van der Waals surface area contributed by atoms with Crippen molar-refractivity contribution in [2.75, 3.05) is 20.2 Å². The molecule has 3 rings (SSSR count). The molecule has 2 heterocycles. The fraction of sp³-hybridized carbons (Fsp3) is 0.550. The number of benzene rings is 1. The Morgan fingerprint density at radius 1 is 1.23 bits per heavy atom. The van der Waals surface area contributed by atoms with Gasteiger partial charge >= 0.3 is 0 Å². The molecule has 1 amide bonds. The lowest BCUT2D eigenvalue weighted by Gasteiger charge is -2.32. The van der Waals surface area contributed by atoms with Gasteiger partial charge in [0.15, 0.2) is 0 Å². The van der Waals surface area contributed by atoms with Crippen LogP contribution in [0.25, 0.3) is 11.4 Å². The zero-order valence-corrected chi connectivity index (χ0v) is 16.0. The van der Waals surface area contributed by atoms with Crippen molar-refractivity contribution in [3.8, 4) is 17.1 Å². The monoisotopic (exact) mass is 357 g/mol. The van der Waals surface area contributed by atoms with Crippen molar-refractivity contribution in [3.05, 3.63) is 30.2 Å². The first kappa shape index (κ1) is 18.4. The maximum Gasteiger partial charge on any atom is 0.230 e. The van der Waals surface area contributed by atoms with Gasteiger partial charge in [-0.3, -0.25) is 4.79 Å². The van der Waals surface area contributed by atoms with Gasteiger partial charge in [-0.1, -0.05) is 25.9 Å². The highest BCUT2D eigenvalue weighted by Crippen LogP contribution is 2.30. The van der Waals surface area contributed by atoms with Crippen LogP contribution in [-0.2, 0) is 4.79 Å². The van der Waals surface area contributed by atoms with E-state index in [0.29, 0.717) is 18.1 Å². The van der Waals surface area contributed by atoms with E-state index < -0.39 is 0 Å². The molecule has 1 saturated heterocycles. The van der Waals surface area contributed by atoms with Gasteiger partial charge in [0, 0.05) is 31.0 Å². The summed E-state index contributed by atoms with van der Waals surface area (Å²) in [5, 5.41) is 4.11. The summed E-state index contributed by atoms with van der Waals surface area (Å²) >= 11 is 0. The molecule has 1 aliphatic rings. The number of hydrogen-bond acceptors (Lipinski definition) is 5. The number of likely N-dealkylation sites (tertiary alicyclic amines) is 1. The van der Waals surface area contributed by atoms with Gasteiger partial charge in [-0.15, -0.1) is 0 Å². The molecule has 0 radical (unpaired) electrons. The lowest BCUT2D eigenvalue weighted by atomic mass is 9.90. The van der Waals surface area contributed by atoms with Crippen molar-refractivity contribution >= 4 is 5.91 Å². The van der Waals surface area contributed by atoms with Gasteiger partial charge in [0.1, 0.15) is 5.75 Å². The first-order valence-electron chi connectivity index (χ1n) is 9.11. The summed E-state index contributed by atoms with van der Waals surface area (Å²) in [4.78, 5) is 18.9. The summed E-state index contributed by atoms with van der Waals surface area (Å²) in [5.41, 5.74) is 0.923.